The molecule has 1 saturated carbocycles. The zero-order valence-electron chi connectivity index (χ0n) is 16.9. The minimum atomic E-state index is 0.353. The van der Waals surface area contributed by atoms with Crippen molar-refractivity contribution in [1.29, 1.82) is 0 Å². The zero-order chi connectivity index (χ0) is 19.3. The van der Waals surface area contributed by atoms with Gasteiger partial charge in [0.05, 0.1) is 23.5 Å². The Balaban J connectivity index is 1.26. The molecule has 148 valence electrons. The van der Waals surface area contributed by atoms with Gasteiger partial charge in [-0.05, 0) is 86.4 Å². The molecule has 0 bridgehead atoms. The molecule has 4 heteroatoms. The molecule has 3 atom stereocenters. The Bertz CT molecular complexity index is 904. The number of rotatable bonds is 7. The quantitative estimate of drug-likeness (QED) is 0.592. The van der Waals surface area contributed by atoms with Gasteiger partial charge >= 0.3 is 0 Å². The molecule has 1 aliphatic carbocycles. The molecule has 0 amide bonds. The lowest BCUT2D eigenvalue weighted by atomic mass is 9.79. The summed E-state index contributed by atoms with van der Waals surface area (Å²) < 4.78 is 6.29. The average Bonchev–Trinajstić information content (AvgIpc) is 3.16. The van der Waals surface area contributed by atoms with Crippen LogP contribution in [-0.4, -0.2) is 22.6 Å². The maximum atomic E-state index is 6.29. The topological polar surface area (TPSA) is 49.9 Å². The van der Waals surface area contributed by atoms with Crippen molar-refractivity contribution >= 4 is 11.0 Å². The maximum Gasteiger partial charge on any atom is 0.119 e. The van der Waals surface area contributed by atoms with Crippen molar-refractivity contribution in [2.24, 2.45) is 11.8 Å². The number of hydrogen-bond acceptors (Lipinski definition) is 3. The van der Waals surface area contributed by atoms with Crippen LogP contribution in [0.2, 0.25) is 0 Å². The van der Waals surface area contributed by atoms with Crippen molar-refractivity contribution in [3.05, 3.63) is 59.9 Å². The summed E-state index contributed by atoms with van der Waals surface area (Å²) in [6.45, 7) is 6.44. The van der Waals surface area contributed by atoms with Crippen molar-refractivity contribution in [3.63, 3.8) is 0 Å². The molecule has 1 heterocycles. The van der Waals surface area contributed by atoms with Gasteiger partial charge in [0, 0.05) is 6.54 Å². The predicted octanol–water partition coefficient (Wildman–Crippen LogP) is 5.23. The number of imidazole rings is 1. The zero-order valence-corrected chi connectivity index (χ0v) is 16.9. The molecule has 2 aromatic carbocycles. The number of aromatic nitrogens is 2. The first-order valence-corrected chi connectivity index (χ1v) is 10.5. The lowest BCUT2D eigenvalue weighted by molar-refractivity contribution is 0.102. The second-order valence-corrected chi connectivity index (χ2v) is 8.35. The van der Waals surface area contributed by atoms with Gasteiger partial charge in [0.15, 0.2) is 0 Å². The Morgan fingerprint density at radius 1 is 1.21 bits per heavy atom. The van der Waals surface area contributed by atoms with Gasteiger partial charge in [0.1, 0.15) is 5.75 Å². The maximum absolute atomic E-state index is 6.29. The molecule has 0 aliphatic heterocycles. The number of hydrogen-bond donors (Lipinski definition) is 2. The van der Waals surface area contributed by atoms with E-state index in [1.807, 2.05) is 0 Å². The van der Waals surface area contributed by atoms with E-state index in [4.69, 9.17) is 4.74 Å². The fourth-order valence-corrected chi connectivity index (χ4v) is 4.39. The first kappa shape index (κ1) is 19.0. The van der Waals surface area contributed by atoms with E-state index < -0.39 is 0 Å². The first-order valence-electron chi connectivity index (χ1n) is 10.5. The second kappa shape index (κ2) is 8.78. The number of nitrogens with zero attached hydrogens (tertiary/aromatic N) is 1. The number of nitrogens with one attached hydrogen (secondary N) is 2. The predicted molar refractivity (Wildman–Crippen MR) is 115 cm³/mol. The van der Waals surface area contributed by atoms with E-state index in [2.05, 4.69) is 71.6 Å². The van der Waals surface area contributed by atoms with Gasteiger partial charge in [-0.25, -0.2) is 4.98 Å². The van der Waals surface area contributed by atoms with E-state index in [9.17, 15) is 0 Å². The van der Waals surface area contributed by atoms with Crippen LogP contribution in [0.4, 0.5) is 0 Å². The third-order valence-electron chi connectivity index (χ3n) is 6.04. The summed E-state index contributed by atoms with van der Waals surface area (Å²) in [4.78, 5) is 7.47. The molecule has 4 nitrogen and oxygen atoms in total. The lowest BCUT2D eigenvalue weighted by Crippen LogP contribution is -2.33. The number of aromatic amines is 1. The van der Waals surface area contributed by atoms with Gasteiger partial charge in [-0.3, -0.25) is 0 Å². The fraction of sp³-hybridized carbons (Fsp3) is 0.458. The Hall–Kier alpha value is -2.33. The largest absolute Gasteiger partial charge is 0.490 e. The summed E-state index contributed by atoms with van der Waals surface area (Å²) in [5.41, 5.74) is 4.69. The first-order chi connectivity index (χ1) is 13.7. The van der Waals surface area contributed by atoms with Crippen LogP contribution in [0.5, 0.6) is 5.75 Å². The van der Waals surface area contributed by atoms with Crippen LogP contribution < -0.4 is 10.1 Å². The van der Waals surface area contributed by atoms with Gasteiger partial charge < -0.3 is 15.0 Å². The van der Waals surface area contributed by atoms with Gasteiger partial charge in [-0.1, -0.05) is 25.1 Å². The monoisotopic (exact) mass is 377 g/mol. The van der Waals surface area contributed by atoms with E-state index in [1.165, 1.54) is 30.4 Å². The SMILES string of the molecule is Cc1cccc(O[C@@H]2CCCC(C(C)CNCc3ccc4nc[nH]c4c3)C2)c1. The number of benzene rings is 2. The molecule has 2 unspecified atom stereocenters. The molecule has 28 heavy (non-hydrogen) atoms. The Morgan fingerprint density at radius 3 is 3.04 bits per heavy atom. The average molecular weight is 378 g/mol. The standard InChI is InChI=1S/C24H31N3O/c1-17-5-3-7-21(11-17)28-22-8-4-6-20(13-22)18(2)14-25-15-19-9-10-23-24(12-19)27-16-26-23/h3,5,7,9-12,16,18,20,22,25H,4,6,8,13-15H2,1-2H3,(H,26,27)/t18?,20?,22-/m1/s1. The molecule has 1 aromatic heterocycles. The van der Waals surface area contributed by atoms with E-state index >= 15 is 0 Å². The highest BCUT2D eigenvalue weighted by molar-refractivity contribution is 5.74. The summed E-state index contributed by atoms with van der Waals surface area (Å²) in [5, 5.41) is 3.65. The Morgan fingerprint density at radius 2 is 2.14 bits per heavy atom. The van der Waals surface area contributed by atoms with Crippen LogP contribution >= 0.6 is 0 Å². The smallest absolute Gasteiger partial charge is 0.119 e. The highest BCUT2D eigenvalue weighted by Crippen LogP contribution is 2.32. The van der Waals surface area contributed by atoms with Crippen molar-refractivity contribution in [2.75, 3.05) is 6.54 Å². The van der Waals surface area contributed by atoms with Crippen molar-refractivity contribution in [3.8, 4) is 5.75 Å². The van der Waals surface area contributed by atoms with Crippen LogP contribution in [0.25, 0.3) is 11.0 Å². The van der Waals surface area contributed by atoms with Crippen LogP contribution in [0.1, 0.15) is 43.7 Å². The van der Waals surface area contributed by atoms with E-state index in [1.54, 1.807) is 6.33 Å². The Labute approximate surface area is 167 Å². The highest BCUT2D eigenvalue weighted by atomic mass is 16.5. The molecule has 1 fully saturated rings. The molecule has 0 saturated heterocycles. The molecule has 0 spiro atoms. The van der Waals surface area contributed by atoms with Crippen LogP contribution in [0.15, 0.2) is 48.8 Å². The summed E-state index contributed by atoms with van der Waals surface area (Å²) in [5.74, 6) is 2.40. The van der Waals surface area contributed by atoms with Gasteiger partial charge in [0.2, 0.25) is 0 Å². The molecule has 0 radical (unpaired) electrons. The van der Waals surface area contributed by atoms with Crippen LogP contribution in [0, 0.1) is 18.8 Å². The number of fused-ring (bicyclic) bond motifs is 1. The molecule has 1 aliphatic rings. The van der Waals surface area contributed by atoms with Crippen LogP contribution in [-0.2, 0) is 6.54 Å². The Kier molecular flexibility index (Phi) is 5.96. The third kappa shape index (κ3) is 4.74. The molecule has 4 rings (SSSR count). The minimum absolute atomic E-state index is 0.353. The van der Waals surface area contributed by atoms with Gasteiger partial charge in [-0.2, -0.15) is 0 Å². The van der Waals surface area contributed by atoms with Gasteiger partial charge in [0.25, 0.3) is 0 Å². The lowest BCUT2D eigenvalue weighted by Gasteiger charge is -2.33. The van der Waals surface area contributed by atoms with Crippen LogP contribution in [0.3, 0.4) is 0 Å². The number of ether oxygens (including phenoxy) is 1. The van der Waals surface area contributed by atoms with Crippen molar-refractivity contribution in [2.45, 2.75) is 52.2 Å². The van der Waals surface area contributed by atoms with E-state index in [0.717, 1.165) is 42.2 Å². The number of H-pyrrole nitrogens is 1. The normalized spacial score (nSPS) is 20.9. The second-order valence-electron chi connectivity index (χ2n) is 8.35. The highest BCUT2D eigenvalue weighted by Gasteiger charge is 2.27. The molecule has 2 N–H and O–H groups in total. The third-order valence-corrected chi connectivity index (χ3v) is 6.04. The fourth-order valence-electron chi connectivity index (χ4n) is 4.39. The van der Waals surface area contributed by atoms with E-state index in [0.29, 0.717) is 12.0 Å². The summed E-state index contributed by atoms with van der Waals surface area (Å²) in [7, 11) is 0. The molecular formula is C24H31N3O. The number of aryl methyl sites for hydroxylation is 1. The summed E-state index contributed by atoms with van der Waals surface area (Å²) in [6.07, 6.45) is 7.03. The van der Waals surface area contributed by atoms with Gasteiger partial charge in [-0.15, -0.1) is 0 Å². The summed E-state index contributed by atoms with van der Waals surface area (Å²) in [6, 6.07) is 14.9. The molecular weight excluding hydrogens is 346 g/mol. The van der Waals surface area contributed by atoms with E-state index in [-0.39, 0.29) is 0 Å². The molecule has 3 aromatic rings. The summed E-state index contributed by atoms with van der Waals surface area (Å²) >= 11 is 0. The van der Waals surface area contributed by atoms with Crippen molar-refractivity contribution < 1.29 is 4.74 Å². The minimum Gasteiger partial charge on any atom is -0.490 e. The van der Waals surface area contributed by atoms with Crippen molar-refractivity contribution in [1.82, 2.24) is 15.3 Å².